The number of aldehydes is 1. The molecule has 2 fully saturated rings. The Bertz CT molecular complexity index is 1920. The highest BCUT2D eigenvalue weighted by Gasteiger charge is 2.30. The molecule has 9 heteroatoms. The van der Waals surface area contributed by atoms with Gasteiger partial charge in [0.25, 0.3) is 0 Å². The van der Waals surface area contributed by atoms with Gasteiger partial charge in [-0.15, -0.1) is 0 Å². The van der Waals surface area contributed by atoms with E-state index in [4.69, 9.17) is 20.6 Å². The summed E-state index contributed by atoms with van der Waals surface area (Å²) in [5, 5.41) is 7.46. The number of hydrazone groups is 1. The molecule has 0 spiro atoms. The highest BCUT2D eigenvalue weighted by molar-refractivity contribution is 5.97. The number of carbonyl (C=O) groups is 1. The summed E-state index contributed by atoms with van der Waals surface area (Å²) in [7, 11) is 0. The van der Waals surface area contributed by atoms with Gasteiger partial charge in [0.1, 0.15) is 18.0 Å². The maximum atomic E-state index is 12.5. The average molecular weight is 584 g/mol. The fourth-order valence-electron chi connectivity index (χ4n) is 6.50. The number of morpholine rings is 1. The van der Waals surface area contributed by atoms with Gasteiger partial charge in [0, 0.05) is 41.0 Å². The molecule has 5 aromatic rings. The number of nitrogens with zero attached hydrogens (tertiary/aromatic N) is 5. The molecule has 44 heavy (non-hydrogen) atoms. The number of aromatic amines is 1. The number of aromatic nitrogens is 3. The van der Waals surface area contributed by atoms with E-state index in [1.807, 2.05) is 36.3 Å². The summed E-state index contributed by atoms with van der Waals surface area (Å²) in [6.07, 6.45) is 5.31. The smallest absolute Gasteiger partial charge is 0.222 e. The highest BCUT2D eigenvalue weighted by atomic mass is 16.5. The Balaban J connectivity index is 1.15. The number of anilines is 3. The Morgan fingerprint density at radius 2 is 1.82 bits per heavy atom. The molecule has 8 rings (SSSR count). The predicted molar refractivity (Wildman–Crippen MR) is 174 cm³/mol. The van der Waals surface area contributed by atoms with Crippen molar-refractivity contribution in [3.05, 3.63) is 89.0 Å². The third-order valence-electron chi connectivity index (χ3n) is 9.06. The van der Waals surface area contributed by atoms with Crippen LogP contribution in [0.2, 0.25) is 0 Å². The molecule has 0 amide bonds. The largest absolute Gasteiger partial charge is 0.378 e. The predicted octanol–water partition coefficient (Wildman–Crippen LogP) is 5.99. The maximum absolute atomic E-state index is 12.5. The average Bonchev–Trinajstić information content (AvgIpc) is 3.83. The molecular formula is C35H33N7O2. The van der Waals surface area contributed by atoms with Gasteiger partial charge in [-0.05, 0) is 78.3 Å². The quantitative estimate of drug-likeness (QED) is 0.236. The minimum Gasteiger partial charge on any atom is -0.378 e. The lowest BCUT2D eigenvalue weighted by atomic mass is 9.94. The Morgan fingerprint density at radius 1 is 1.00 bits per heavy atom. The van der Waals surface area contributed by atoms with Crippen molar-refractivity contribution in [3.8, 4) is 22.5 Å². The van der Waals surface area contributed by atoms with Crippen molar-refractivity contribution >= 4 is 40.9 Å². The van der Waals surface area contributed by atoms with Crippen LogP contribution in [0.15, 0.2) is 71.8 Å². The number of rotatable bonds is 6. The summed E-state index contributed by atoms with van der Waals surface area (Å²) in [4.78, 5) is 27.5. The fourth-order valence-corrected chi connectivity index (χ4v) is 6.50. The molecule has 1 unspecified atom stereocenters. The molecule has 2 aliphatic heterocycles. The van der Waals surface area contributed by atoms with Gasteiger partial charge in [0.2, 0.25) is 5.95 Å². The van der Waals surface area contributed by atoms with E-state index in [0.717, 1.165) is 82.9 Å². The van der Waals surface area contributed by atoms with E-state index in [-0.39, 0.29) is 5.95 Å². The van der Waals surface area contributed by atoms with E-state index in [2.05, 4.69) is 63.4 Å². The number of nitrogen functional groups attached to an aromatic ring is 1. The summed E-state index contributed by atoms with van der Waals surface area (Å²) < 4.78 is 5.50. The van der Waals surface area contributed by atoms with Crippen LogP contribution in [0, 0.1) is 6.92 Å². The van der Waals surface area contributed by atoms with Gasteiger partial charge in [-0.2, -0.15) is 10.1 Å². The first-order valence-corrected chi connectivity index (χ1v) is 15.2. The van der Waals surface area contributed by atoms with Crippen LogP contribution in [0.1, 0.15) is 47.1 Å². The summed E-state index contributed by atoms with van der Waals surface area (Å²) in [5.74, 6) is 0.830. The second-order valence-electron chi connectivity index (χ2n) is 11.8. The van der Waals surface area contributed by atoms with E-state index in [9.17, 15) is 4.79 Å². The summed E-state index contributed by atoms with van der Waals surface area (Å²) >= 11 is 0. The Morgan fingerprint density at radius 3 is 2.59 bits per heavy atom. The number of hydrogen-bond acceptors (Lipinski definition) is 8. The molecular weight excluding hydrogens is 550 g/mol. The van der Waals surface area contributed by atoms with Gasteiger partial charge in [-0.1, -0.05) is 36.4 Å². The van der Waals surface area contributed by atoms with Crippen LogP contribution in [0.5, 0.6) is 0 Å². The van der Waals surface area contributed by atoms with Gasteiger partial charge in [0.05, 0.1) is 30.8 Å². The maximum Gasteiger partial charge on any atom is 0.222 e. The highest BCUT2D eigenvalue weighted by Crippen LogP contribution is 2.43. The number of ether oxygens (including phenoxy) is 1. The topological polar surface area (TPSA) is 113 Å². The fraction of sp³-hybridized carbons (Fsp3) is 0.257. The zero-order valence-corrected chi connectivity index (χ0v) is 24.5. The molecule has 1 atom stereocenters. The number of nitrogens with two attached hydrogens (primary N) is 1. The number of benzene rings is 3. The van der Waals surface area contributed by atoms with Crippen molar-refractivity contribution in [1.29, 1.82) is 0 Å². The molecule has 9 nitrogen and oxygen atoms in total. The van der Waals surface area contributed by atoms with Crippen LogP contribution in [-0.2, 0) is 9.53 Å². The first kappa shape index (κ1) is 26.6. The number of hydrogen-bond donors (Lipinski definition) is 2. The molecule has 220 valence electrons. The zero-order chi connectivity index (χ0) is 29.8. The lowest BCUT2D eigenvalue weighted by Crippen LogP contribution is -2.36. The summed E-state index contributed by atoms with van der Waals surface area (Å²) in [6, 6.07) is 22.5. The van der Waals surface area contributed by atoms with Gasteiger partial charge in [-0.3, -0.25) is 5.01 Å². The minimum atomic E-state index is -0.521. The zero-order valence-electron chi connectivity index (χ0n) is 24.5. The first-order chi connectivity index (χ1) is 21.6. The van der Waals surface area contributed by atoms with Gasteiger partial charge in [0.15, 0.2) is 0 Å². The number of nitrogens with one attached hydrogen (secondary N) is 1. The van der Waals surface area contributed by atoms with E-state index < -0.39 is 6.04 Å². The lowest BCUT2D eigenvalue weighted by Gasteiger charge is -2.31. The van der Waals surface area contributed by atoms with Gasteiger partial charge >= 0.3 is 0 Å². The number of H-pyrrole nitrogens is 1. The minimum absolute atomic E-state index is 0.190. The second-order valence-corrected chi connectivity index (χ2v) is 11.8. The third-order valence-corrected chi connectivity index (χ3v) is 9.06. The van der Waals surface area contributed by atoms with E-state index in [1.54, 1.807) is 0 Å². The molecule has 1 saturated heterocycles. The van der Waals surface area contributed by atoms with Crippen LogP contribution >= 0.6 is 0 Å². The van der Waals surface area contributed by atoms with E-state index >= 15 is 0 Å². The summed E-state index contributed by atoms with van der Waals surface area (Å²) in [6.45, 7) is 5.33. The lowest BCUT2D eigenvalue weighted by molar-refractivity contribution is -0.109. The Labute approximate surface area is 255 Å². The molecule has 0 bridgehead atoms. The Kier molecular flexibility index (Phi) is 6.41. The van der Waals surface area contributed by atoms with Crippen LogP contribution in [0.25, 0.3) is 33.5 Å². The van der Waals surface area contributed by atoms with Crippen molar-refractivity contribution < 1.29 is 9.53 Å². The summed E-state index contributed by atoms with van der Waals surface area (Å²) in [5.41, 5.74) is 16.8. The standard InChI is InChI=1S/C35H33N7O2/c1-21-27(3-2-4-31(21)42-32(20-43)28-12-9-24(22-5-6-22)17-25(28)19-37-42)33-29-18-30(38-34(29)40-35(36)39-33)23-7-10-26(11-8-23)41-13-15-44-16-14-41/h2-4,7-12,17-20,22,32H,5-6,13-16H2,1H3,(H3,36,38,39,40). The SMILES string of the molecule is Cc1c(-c2nc(N)nc3[nH]c(-c4ccc(N5CCOCC5)cc4)cc23)cccc1N1N=Cc2cc(C3CC3)ccc2C1C=O. The van der Waals surface area contributed by atoms with Crippen LogP contribution in [-0.4, -0.2) is 53.8 Å². The van der Waals surface area contributed by atoms with Crippen molar-refractivity contribution in [2.45, 2.75) is 31.7 Å². The normalized spacial score (nSPS) is 18.1. The molecule has 1 aliphatic carbocycles. The molecule has 0 radical (unpaired) electrons. The van der Waals surface area contributed by atoms with Crippen molar-refractivity contribution in [3.63, 3.8) is 0 Å². The van der Waals surface area contributed by atoms with Crippen LogP contribution in [0.4, 0.5) is 17.3 Å². The van der Waals surface area contributed by atoms with Crippen molar-refractivity contribution in [2.75, 3.05) is 41.9 Å². The molecule has 2 aromatic heterocycles. The van der Waals surface area contributed by atoms with Crippen LogP contribution in [0.3, 0.4) is 0 Å². The van der Waals surface area contributed by atoms with Crippen molar-refractivity contribution in [1.82, 2.24) is 15.0 Å². The molecule has 3 aromatic carbocycles. The molecule has 4 heterocycles. The number of carbonyl (C=O) groups excluding carboxylic acids is 1. The van der Waals surface area contributed by atoms with Gasteiger partial charge < -0.3 is 25.1 Å². The monoisotopic (exact) mass is 583 g/mol. The van der Waals surface area contributed by atoms with E-state index in [0.29, 0.717) is 11.6 Å². The molecule has 1 saturated carbocycles. The third kappa shape index (κ3) is 4.60. The number of fused-ring (bicyclic) bond motifs is 2. The van der Waals surface area contributed by atoms with E-state index in [1.165, 1.54) is 24.1 Å². The second kappa shape index (κ2) is 10.6. The van der Waals surface area contributed by atoms with Gasteiger partial charge in [-0.25, -0.2) is 4.98 Å². The van der Waals surface area contributed by atoms with Crippen molar-refractivity contribution in [2.24, 2.45) is 5.10 Å². The first-order valence-electron chi connectivity index (χ1n) is 15.2. The molecule has 3 N–H and O–H groups in total. The molecule has 3 aliphatic rings. The Hall–Kier alpha value is -5.02. The van der Waals surface area contributed by atoms with Crippen LogP contribution < -0.4 is 15.6 Å².